The van der Waals surface area contributed by atoms with E-state index in [1.54, 1.807) is 0 Å². The van der Waals surface area contributed by atoms with Crippen LogP contribution >= 0.6 is 0 Å². The van der Waals surface area contributed by atoms with Crippen LogP contribution in [0.15, 0.2) is 0 Å². The summed E-state index contributed by atoms with van der Waals surface area (Å²) in [6.07, 6.45) is -10.8. The zero-order valence-electron chi connectivity index (χ0n) is 21.2. The van der Waals surface area contributed by atoms with Gasteiger partial charge in [0.05, 0.1) is 30.8 Å². The topological polar surface area (TPSA) is 297 Å². The van der Waals surface area contributed by atoms with Crippen molar-refractivity contribution in [1.29, 1.82) is 0 Å². The molecule has 0 aromatic rings. The lowest BCUT2D eigenvalue weighted by atomic mass is 9.83. The van der Waals surface area contributed by atoms with Crippen molar-refractivity contribution in [2.24, 2.45) is 28.7 Å². The Bertz CT molecular complexity index is 755. The summed E-state index contributed by atoms with van der Waals surface area (Å²) >= 11 is 0. The van der Waals surface area contributed by atoms with E-state index in [9.17, 15) is 30.3 Å². The lowest BCUT2D eigenvalue weighted by Crippen LogP contribution is -2.69. The second-order valence-electron chi connectivity index (χ2n) is 10.2. The fraction of sp³-hybridized carbons (Fsp3) is 0.955. The minimum Gasteiger partial charge on any atom is -0.394 e. The van der Waals surface area contributed by atoms with Crippen LogP contribution in [0.25, 0.3) is 0 Å². The van der Waals surface area contributed by atoms with E-state index in [0.29, 0.717) is 12.8 Å². The Balaban J connectivity index is 1.82. The molecule has 13 unspecified atom stereocenters. The van der Waals surface area contributed by atoms with Crippen molar-refractivity contribution in [2.45, 2.75) is 111 Å². The molecule has 16 nitrogen and oxygen atoms in total. The van der Waals surface area contributed by atoms with Crippen LogP contribution in [0.4, 0.5) is 0 Å². The highest BCUT2D eigenvalue weighted by Crippen LogP contribution is 2.31. The molecule has 0 aromatic carbocycles. The zero-order valence-corrected chi connectivity index (χ0v) is 21.2. The third-order valence-corrected chi connectivity index (χ3v) is 7.37. The highest BCUT2D eigenvalue weighted by atomic mass is 16.7. The first-order valence-corrected chi connectivity index (χ1v) is 12.9. The second kappa shape index (κ2) is 14.0. The summed E-state index contributed by atoms with van der Waals surface area (Å²) in [5, 5.41) is 54.4. The Morgan fingerprint density at radius 1 is 0.947 bits per heavy atom. The van der Waals surface area contributed by atoms with Crippen molar-refractivity contribution in [3.05, 3.63) is 0 Å². The van der Waals surface area contributed by atoms with E-state index in [1.165, 1.54) is 0 Å². The Labute approximate surface area is 220 Å². The Morgan fingerprint density at radius 2 is 1.63 bits per heavy atom. The predicted octanol–water partition coefficient (Wildman–Crippen LogP) is -6.40. The summed E-state index contributed by atoms with van der Waals surface area (Å²) in [5.74, 6) is -0.762. The number of hydrogen-bond acceptors (Lipinski definition) is 15. The van der Waals surface area contributed by atoms with Crippen LogP contribution in [0.2, 0.25) is 0 Å². The molecule has 16 N–H and O–H groups in total. The first-order valence-electron chi connectivity index (χ1n) is 12.9. The molecule has 0 spiro atoms. The average Bonchev–Trinajstić information content (AvgIpc) is 2.89. The molecular formula is C22H44N6O10. The van der Waals surface area contributed by atoms with Crippen molar-refractivity contribution < 1.29 is 49.3 Å². The number of hydrogen-bond donors (Lipinski definition) is 11. The predicted molar refractivity (Wildman–Crippen MR) is 131 cm³/mol. The van der Waals surface area contributed by atoms with Gasteiger partial charge in [0.15, 0.2) is 12.6 Å². The van der Waals surface area contributed by atoms with Gasteiger partial charge in [0.25, 0.3) is 0 Å². The zero-order chi connectivity index (χ0) is 28.1. The first-order chi connectivity index (χ1) is 18.0. The number of carbonyl (C=O) groups is 1. The van der Waals surface area contributed by atoms with Gasteiger partial charge in [0.1, 0.15) is 42.7 Å². The summed E-state index contributed by atoms with van der Waals surface area (Å²) in [4.78, 5) is 12.6. The molecule has 3 aliphatic rings. The molecule has 1 amide bonds. The fourth-order valence-electron chi connectivity index (χ4n) is 5.02. The lowest BCUT2D eigenvalue weighted by molar-refractivity contribution is -0.314. The smallest absolute Gasteiger partial charge is 0.249 e. The minimum absolute atomic E-state index is 0.000983. The second-order valence-corrected chi connectivity index (χ2v) is 10.2. The summed E-state index contributed by atoms with van der Waals surface area (Å²) < 4.78 is 23.3. The van der Waals surface area contributed by atoms with E-state index in [-0.39, 0.29) is 32.0 Å². The van der Waals surface area contributed by atoms with Crippen LogP contribution < -0.4 is 34.0 Å². The molecule has 16 heteroatoms. The van der Waals surface area contributed by atoms with Gasteiger partial charge >= 0.3 is 0 Å². The van der Waals surface area contributed by atoms with Gasteiger partial charge in [-0.1, -0.05) is 0 Å². The maximum atomic E-state index is 12.6. The number of nitrogens with one attached hydrogen (secondary N) is 1. The maximum Gasteiger partial charge on any atom is 0.249 e. The largest absolute Gasteiger partial charge is 0.394 e. The summed E-state index contributed by atoms with van der Waals surface area (Å²) in [6, 6.07) is -3.54. The highest BCUT2D eigenvalue weighted by Gasteiger charge is 2.51. The number of nitrogens with two attached hydrogens (primary N) is 5. The van der Waals surface area contributed by atoms with E-state index in [2.05, 4.69) is 5.32 Å². The number of aliphatic hydroxyl groups excluding tert-OH is 5. The fourth-order valence-corrected chi connectivity index (χ4v) is 5.02. The van der Waals surface area contributed by atoms with Gasteiger partial charge in [0.2, 0.25) is 5.91 Å². The number of rotatable bonds is 10. The molecular weight excluding hydrogens is 508 g/mol. The molecule has 2 heterocycles. The monoisotopic (exact) mass is 552 g/mol. The van der Waals surface area contributed by atoms with Crippen LogP contribution in [0, 0.1) is 0 Å². The number of amides is 1. The average molecular weight is 553 g/mol. The number of aliphatic hydroxyl groups is 5. The first kappa shape index (κ1) is 31.4. The molecule has 2 aliphatic heterocycles. The van der Waals surface area contributed by atoms with Crippen molar-refractivity contribution in [3.63, 3.8) is 0 Å². The Morgan fingerprint density at radius 3 is 2.26 bits per heavy atom. The highest BCUT2D eigenvalue weighted by molar-refractivity contribution is 5.80. The third-order valence-electron chi connectivity index (χ3n) is 7.37. The van der Waals surface area contributed by atoms with Crippen LogP contribution in [-0.2, 0) is 23.7 Å². The van der Waals surface area contributed by atoms with Gasteiger partial charge in [-0.2, -0.15) is 0 Å². The number of ether oxygens (including phenoxy) is 4. The molecule has 222 valence electrons. The van der Waals surface area contributed by atoms with Crippen molar-refractivity contribution in [1.82, 2.24) is 5.32 Å². The molecule has 0 radical (unpaired) electrons. The van der Waals surface area contributed by atoms with Gasteiger partial charge in [-0.25, -0.2) is 0 Å². The van der Waals surface area contributed by atoms with E-state index in [4.69, 9.17) is 47.6 Å². The van der Waals surface area contributed by atoms with E-state index >= 15 is 0 Å². The van der Waals surface area contributed by atoms with Gasteiger partial charge in [-0.15, -0.1) is 0 Å². The maximum absolute atomic E-state index is 12.6. The molecule has 1 saturated carbocycles. The van der Waals surface area contributed by atoms with E-state index in [1.807, 2.05) is 0 Å². The van der Waals surface area contributed by atoms with Gasteiger partial charge in [0, 0.05) is 12.6 Å². The molecule has 0 bridgehead atoms. The van der Waals surface area contributed by atoms with Crippen LogP contribution in [-0.4, -0.2) is 137 Å². The van der Waals surface area contributed by atoms with Crippen molar-refractivity contribution in [3.8, 4) is 0 Å². The number of carbonyl (C=O) groups excluding carboxylic acids is 1. The normalized spacial score (nSPS) is 44.9. The molecule has 3 rings (SSSR count). The molecule has 14 atom stereocenters. The Kier molecular flexibility index (Phi) is 11.6. The molecule has 38 heavy (non-hydrogen) atoms. The van der Waals surface area contributed by atoms with Gasteiger partial charge < -0.3 is 78.5 Å². The Hall–Kier alpha value is -1.09. The van der Waals surface area contributed by atoms with Crippen LogP contribution in [0.5, 0.6) is 0 Å². The quantitative estimate of drug-likeness (QED) is 0.120. The molecule has 2 saturated heterocycles. The third kappa shape index (κ3) is 7.15. The molecule has 1 aliphatic carbocycles. The SMILES string of the molecule is NCC[C@@H](O)C(=O)NC1CC(N)C(OC2OC(CN)CCC2N)C(O)C1OC1OC(CO)C(O)C(N)C1O. The van der Waals surface area contributed by atoms with Crippen LogP contribution in [0.3, 0.4) is 0 Å². The van der Waals surface area contributed by atoms with Crippen LogP contribution in [0.1, 0.15) is 25.7 Å². The van der Waals surface area contributed by atoms with Crippen molar-refractivity contribution >= 4 is 5.91 Å². The standard InChI is InChI=1S/C22H44N6O10/c23-4-3-12(30)20(34)28-11-5-10(26)18(37-21-9(25)2-1-8(6-24)35-21)17(33)19(11)38-22-16(32)14(27)15(31)13(7-29)36-22/h8-19,21-22,29-33H,1-7,23-27H2,(H,28,34)/t8?,9?,10?,11?,12-,13?,14?,15?,16?,17?,18?,19?,21?,22?/m1/s1. The lowest BCUT2D eigenvalue weighted by Gasteiger charge is -2.48. The van der Waals surface area contributed by atoms with Gasteiger partial charge in [-0.3, -0.25) is 4.79 Å². The summed E-state index contributed by atoms with van der Waals surface area (Å²) in [5.41, 5.74) is 29.6. The molecule has 3 fully saturated rings. The van der Waals surface area contributed by atoms with E-state index < -0.39 is 92.0 Å². The summed E-state index contributed by atoms with van der Waals surface area (Å²) in [7, 11) is 0. The van der Waals surface area contributed by atoms with E-state index in [0.717, 1.165) is 0 Å². The molecule has 0 aromatic heterocycles. The summed E-state index contributed by atoms with van der Waals surface area (Å²) in [6.45, 7) is -0.296. The van der Waals surface area contributed by atoms with Crippen molar-refractivity contribution in [2.75, 3.05) is 19.7 Å². The van der Waals surface area contributed by atoms with Gasteiger partial charge in [-0.05, 0) is 32.2 Å². The minimum atomic E-state index is -1.55.